The standard InChI is InChI=1S/C30H40N4O2/c1-21-5-7-26(18-28(21)29(35)32-20-23-9-13-33(4)14-10-23)30(36)34-15-11-25(12-16-34)27-8-6-24(19-31-3)17-22(27)2/h5-8,17-19,23,25H,9-16,20H2,1-4H3,(H,32,35). The van der Waals surface area contributed by atoms with Crippen LogP contribution in [0.3, 0.4) is 0 Å². The molecule has 2 aliphatic heterocycles. The Morgan fingerprint density at radius 3 is 2.36 bits per heavy atom. The first-order valence-corrected chi connectivity index (χ1v) is 13.2. The number of nitrogens with one attached hydrogen (secondary N) is 1. The SMILES string of the molecule is CN=Cc1ccc(C2CCN(C(=O)c3ccc(C)c(C(=O)NCC4CCN(C)CC4)c3)CC2)c(C)c1. The third-order valence-electron chi connectivity index (χ3n) is 7.91. The predicted molar refractivity (Wildman–Crippen MR) is 146 cm³/mol. The van der Waals surface area contributed by atoms with E-state index in [0.29, 0.717) is 29.5 Å². The fourth-order valence-corrected chi connectivity index (χ4v) is 5.56. The maximum absolute atomic E-state index is 13.3. The summed E-state index contributed by atoms with van der Waals surface area (Å²) in [5.74, 6) is 0.924. The molecule has 36 heavy (non-hydrogen) atoms. The van der Waals surface area contributed by atoms with Gasteiger partial charge < -0.3 is 15.1 Å². The van der Waals surface area contributed by atoms with E-state index >= 15 is 0 Å². The van der Waals surface area contributed by atoms with Crippen molar-refractivity contribution in [2.24, 2.45) is 10.9 Å². The molecule has 2 aromatic carbocycles. The molecule has 6 nitrogen and oxygen atoms in total. The summed E-state index contributed by atoms with van der Waals surface area (Å²) in [6.07, 6.45) is 6.00. The molecule has 2 amide bonds. The Balaban J connectivity index is 1.36. The summed E-state index contributed by atoms with van der Waals surface area (Å²) in [7, 11) is 3.93. The van der Waals surface area contributed by atoms with Gasteiger partial charge in [0.1, 0.15) is 0 Å². The number of amides is 2. The quantitative estimate of drug-likeness (QED) is 0.612. The second-order valence-electron chi connectivity index (χ2n) is 10.6. The van der Waals surface area contributed by atoms with Crippen LogP contribution in [-0.4, -0.2) is 74.6 Å². The van der Waals surface area contributed by atoms with Crippen LogP contribution in [0.5, 0.6) is 0 Å². The highest BCUT2D eigenvalue weighted by Gasteiger charge is 2.26. The molecule has 0 aliphatic carbocycles. The van der Waals surface area contributed by atoms with Crippen LogP contribution in [0.1, 0.15) is 74.6 Å². The summed E-state index contributed by atoms with van der Waals surface area (Å²) in [6.45, 7) is 8.41. The molecule has 0 unspecified atom stereocenters. The Morgan fingerprint density at radius 1 is 0.972 bits per heavy atom. The highest BCUT2D eigenvalue weighted by molar-refractivity contribution is 6.00. The lowest BCUT2D eigenvalue weighted by atomic mass is 9.86. The highest BCUT2D eigenvalue weighted by atomic mass is 16.2. The van der Waals surface area contributed by atoms with Crippen molar-refractivity contribution in [1.29, 1.82) is 0 Å². The summed E-state index contributed by atoms with van der Waals surface area (Å²) in [6, 6.07) is 12.1. The Kier molecular flexibility index (Phi) is 8.57. The Hall–Kier alpha value is -2.99. The van der Waals surface area contributed by atoms with Crippen LogP contribution in [0, 0.1) is 19.8 Å². The second-order valence-corrected chi connectivity index (χ2v) is 10.6. The number of nitrogens with zero attached hydrogens (tertiary/aromatic N) is 3. The molecule has 0 atom stereocenters. The largest absolute Gasteiger partial charge is 0.352 e. The Morgan fingerprint density at radius 2 is 1.69 bits per heavy atom. The van der Waals surface area contributed by atoms with Gasteiger partial charge in [0, 0.05) is 44.0 Å². The molecule has 0 bridgehead atoms. The van der Waals surface area contributed by atoms with Gasteiger partial charge in [-0.05, 0) is 106 Å². The number of aliphatic imine (C=N–C) groups is 1. The zero-order valence-corrected chi connectivity index (χ0v) is 22.2. The van der Waals surface area contributed by atoms with Gasteiger partial charge in [-0.15, -0.1) is 0 Å². The summed E-state index contributed by atoms with van der Waals surface area (Å²) < 4.78 is 0. The minimum Gasteiger partial charge on any atom is -0.352 e. The van der Waals surface area contributed by atoms with E-state index in [9.17, 15) is 9.59 Å². The van der Waals surface area contributed by atoms with E-state index in [1.54, 1.807) is 13.1 Å². The van der Waals surface area contributed by atoms with Crippen LogP contribution in [0.15, 0.2) is 41.4 Å². The van der Waals surface area contributed by atoms with Crippen LogP contribution in [0.25, 0.3) is 0 Å². The first kappa shape index (κ1) is 26.1. The second kappa shape index (κ2) is 11.8. The van der Waals surface area contributed by atoms with Crippen LogP contribution in [-0.2, 0) is 0 Å². The van der Waals surface area contributed by atoms with Crippen LogP contribution >= 0.6 is 0 Å². The van der Waals surface area contributed by atoms with Crippen LogP contribution in [0.2, 0.25) is 0 Å². The van der Waals surface area contributed by atoms with E-state index in [0.717, 1.165) is 63.0 Å². The number of piperidine rings is 2. The Bertz CT molecular complexity index is 1110. The maximum Gasteiger partial charge on any atom is 0.253 e. The lowest BCUT2D eigenvalue weighted by Crippen LogP contribution is -2.38. The molecule has 2 heterocycles. The molecular weight excluding hydrogens is 448 g/mol. The van der Waals surface area contributed by atoms with Crippen molar-refractivity contribution < 1.29 is 9.59 Å². The topological polar surface area (TPSA) is 65.0 Å². The van der Waals surface area contributed by atoms with Gasteiger partial charge in [-0.3, -0.25) is 14.6 Å². The van der Waals surface area contributed by atoms with Crippen molar-refractivity contribution in [3.05, 3.63) is 69.8 Å². The van der Waals surface area contributed by atoms with Gasteiger partial charge in [-0.1, -0.05) is 24.3 Å². The third-order valence-corrected chi connectivity index (χ3v) is 7.91. The number of hydrogen-bond acceptors (Lipinski definition) is 4. The lowest BCUT2D eigenvalue weighted by Gasteiger charge is -2.33. The number of hydrogen-bond donors (Lipinski definition) is 1. The van der Waals surface area contributed by atoms with Gasteiger partial charge in [0.15, 0.2) is 0 Å². The van der Waals surface area contributed by atoms with Gasteiger partial charge in [0.05, 0.1) is 0 Å². The molecule has 6 heteroatoms. The van der Waals surface area contributed by atoms with Gasteiger partial charge in [-0.2, -0.15) is 0 Å². The molecule has 0 spiro atoms. The van der Waals surface area contributed by atoms with E-state index in [-0.39, 0.29) is 11.8 Å². The average Bonchev–Trinajstić information content (AvgIpc) is 2.88. The monoisotopic (exact) mass is 488 g/mol. The molecule has 2 saturated heterocycles. The number of aryl methyl sites for hydroxylation is 2. The highest BCUT2D eigenvalue weighted by Crippen LogP contribution is 2.31. The van der Waals surface area contributed by atoms with E-state index in [2.05, 4.69) is 47.4 Å². The minimum atomic E-state index is -0.0770. The normalized spacial score (nSPS) is 18.1. The number of likely N-dealkylation sites (tertiary alicyclic amines) is 2. The zero-order chi connectivity index (χ0) is 25.7. The molecule has 192 valence electrons. The molecule has 0 aromatic heterocycles. The molecule has 0 saturated carbocycles. The van der Waals surface area contributed by atoms with Crippen LogP contribution < -0.4 is 5.32 Å². The minimum absolute atomic E-state index is 0.0176. The summed E-state index contributed by atoms with van der Waals surface area (Å²) >= 11 is 0. The van der Waals surface area contributed by atoms with Crippen molar-refractivity contribution in [3.63, 3.8) is 0 Å². The first-order valence-electron chi connectivity index (χ1n) is 13.2. The van der Waals surface area contributed by atoms with E-state index in [1.807, 2.05) is 30.2 Å². The fourth-order valence-electron chi connectivity index (χ4n) is 5.56. The van der Waals surface area contributed by atoms with Crippen LogP contribution in [0.4, 0.5) is 0 Å². The average molecular weight is 489 g/mol. The molecule has 2 aromatic rings. The van der Waals surface area contributed by atoms with Gasteiger partial charge >= 0.3 is 0 Å². The summed E-state index contributed by atoms with van der Waals surface area (Å²) in [5, 5.41) is 3.12. The van der Waals surface area contributed by atoms with Crippen molar-refractivity contribution in [3.8, 4) is 0 Å². The number of carbonyl (C=O) groups is 2. The van der Waals surface area contributed by atoms with Crippen molar-refractivity contribution in [2.75, 3.05) is 46.8 Å². The number of carbonyl (C=O) groups excluding carboxylic acids is 2. The van der Waals surface area contributed by atoms with E-state index in [1.165, 1.54) is 11.1 Å². The van der Waals surface area contributed by atoms with Gasteiger partial charge in [-0.25, -0.2) is 0 Å². The molecule has 2 fully saturated rings. The Labute approximate surface area is 215 Å². The summed E-state index contributed by atoms with van der Waals surface area (Å²) in [4.78, 5) is 34.7. The maximum atomic E-state index is 13.3. The van der Waals surface area contributed by atoms with Gasteiger partial charge in [0.25, 0.3) is 11.8 Å². The van der Waals surface area contributed by atoms with Gasteiger partial charge in [0.2, 0.25) is 0 Å². The van der Waals surface area contributed by atoms with Crippen molar-refractivity contribution in [2.45, 2.75) is 45.4 Å². The van der Waals surface area contributed by atoms with E-state index in [4.69, 9.17) is 0 Å². The smallest absolute Gasteiger partial charge is 0.253 e. The lowest BCUT2D eigenvalue weighted by molar-refractivity contribution is 0.0713. The number of rotatable bonds is 6. The molecule has 1 N–H and O–H groups in total. The third kappa shape index (κ3) is 6.22. The predicted octanol–water partition coefficient (Wildman–Crippen LogP) is 4.44. The molecular formula is C30H40N4O2. The molecule has 2 aliphatic rings. The fraction of sp³-hybridized carbons (Fsp3) is 0.500. The molecule has 4 rings (SSSR count). The molecule has 0 radical (unpaired) electrons. The van der Waals surface area contributed by atoms with Crippen molar-refractivity contribution in [1.82, 2.24) is 15.1 Å². The number of benzene rings is 2. The zero-order valence-electron chi connectivity index (χ0n) is 22.2. The summed E-state index contributed by atoms with van der Waals surface area (Å²) in [5.41, 5.74) is 5.88. The van der Waals surface area contributed by atoms with Crippen molar-refractivity contribution >= 4 is 18.0 Å². The van der Waals surface area contributed by atoms with E-state index < -0.39 is 0 Å². The first-order chi connectivity index (χ1) is 17.4.